The van der Waals surface area contributed by atoms with Crippen LogP contribution in [0.3, 0.4) is 0 Å². The quantitative estimate of drug-likeness (QED) is 0.585. The fraction of sp³-hybridized carbons (Fsp3) is 0.625. The molecule has 2 heterocycles. The van der Waals surface area contributed by atoms with Crippen molar-refractivity contribution < 1.29 is 0 Å². The summed E-state index contributed by atoms with van der Waals surface area (Å²) in [7, 11) is 0. The van der Waals surface area contributed by atoms with Gasteiger partial charge in [0.2, 0.25) is 0 Å². The molecule has 1 saturated carbocycles. The van der Waals surface area contributed by atoms with Crippen molar-refractivity contribution in [3.8, 4) is 0 Å². The topological polar surface area (TPSA) is 20.7 Å². The molecule has 0 amide bonds. The van der Waals surface area contributed by atoms with Crippen LogP contribution in [0, 0.1) is 10.2 Å². The van der Waals surface area contributed by atoms with E-state index in [2.05, 4.69) is 22.7 Å². The Balaban J connectivity index is 2.26. The normalized spacial score (nSPS) is 38.5. The molecule has 58 valence electrons. The van der Waals surface area contributed by atoms with Gasteiger partial charge >= 0.3 is 0 Å². The van der Waals surface area contributed by atoms with E-state index in [4.69, 9.17) is 12.2 Å². The van der Waals surface area contributed by atoms with Gasteiger partial charge in [0.25, 0.3) is 0 Å². The summed E-state index contributed by atoms with van der Waals surface area (Å²) in [5.41, 5.74) is 2.00. The van der Waals surface area contributed by atoms with Crippen molar-refractivity contribution in [1.29, 1.82) is 0 Å². The maximum atomic E-state index is 5.14. The second-order valence-corrected chi connectivity index (χ2v) is 4.40. The fourth-order valence-electron chi connectivity index (χ4n) is 2.27. The first-order valence-corrected chi connectivity index (χ1v) is 4.40. The number of H-pyrrole nitrogens is 1. The lowest BCUT2D eigenvalue weighted by molar-refractivity contribution is 0.494. The molecule has 1 N–H and O–H groups in total. The third-order valence-electron chi connectivity index (χ3n) is 3.13. The zero-order valence-electron chi connectivity index (χ0n) is 6.42. The summed E-state index contributed by atoms with van der Waals surface area (Å²) in [4.78, 5) is 3.09. The number of nitrogens with one attached hydrogen (secondary N) is 1. The Morgan fingerprint density at radius 2 is 2.64 bits per heavy atom. The minimum Gasteiger partial charge on any atom is -0.337 e. The van der Waals surface area contributed by atoms with E-state index in [1.807, 2.05) is 0 Å². The van der Waals surface area contributed by atoms with Gasteiger partial charge in [0.05, 0.1) is 0 Å². The summed E-state index contributed by atoms with van der Waals surface area (Å²) < 4.78 is 3.14. The van der Waals surface area contributed by atoms with Crippen molar-refractivity contribution in [2.24, 2.45) is 5.41 Å². The number of aromatic nitrogens is 2. The molecule has 0 aromatic carbocycles. The highest BCUT2D eigenvalue weighted by molar-refractivity contribution is 7.71. The molecule has 3 heteroatoms. The standard InChI is InChI=1S/C8H10N2S/c1-8-2-5(8)6-3-9-7(11)10(6)4-8/h3,5H,2,4H2,1H3,(H,9,11)/t5-,8+/m0/s1. The van der Waals surface area contributed by atoms with Gasteiger partial charge < -0.3 is 9.55 Å². The Kier molecular flexibility index (Phi) is 0.796. The molecule has 1 aliphatic heterocycles. The van der Waals surface area contributed by atoms with E-state index < -0.39 is 0 Å². The predicted molar refractivity (Wildman–Crippen MR) is 45.1 cm³/mol. The molecule has 0 saturated heterocycles. The predicted octanol–water partition coefficient (Wildman–Crippen LogP) is 2.05. The minimum absolute atomic E-state index is 0.567. The van der Waals surface area contributed by atoms with E-state index in [-0.39, 0.29) is 0 Å². The molecule has 1 aliphatic carbocycles. The van der Waals surface area contributed by atoms with Crippen molar-refractivity contribution in [2.75, 3.05) is 0 Å². The van der Waals surface area contributed by atoms with Crippen LogP contribution in [0.1, 0.15) is 25.0 Å². The number of nitrogens with zero attached hydrogens (tertiary/aromatic N) is 1. The average molecular weight is 166 g/mol. The number of hydrogen-bond donors (Lipinski definition) is 1. The monoisotopic (exact) mass is 166 g/mol. The fourth-order valence-corrected chi connectivity index (χ4v) is 2.49. The highest BCUT2D eigenvalue weighted by Gasteiger charge is 2.56. The SMILES string of the molecule is C[C@]12C[C@H]1c1c[nH]c(=S)n1C2. The molecule has 1 fully saturated rings. The van der Waals surface area contributed by atoms with Gasteiger partial charge in [-0.25, -0.2) is 0 Å². The summed E-state index contributed by atoms with van der Waals surface area (Å²) >= 11 is 5.14. The smallest absolute Gasteiger partial charge is 0.177 e. The van der Waals surface area contributed by atoms with Crippen molar-refractivity contribution in [2.45, 2.75) is 25.8 Å². The van der Waals surface area contributed by atoms with Crippen LogP contribution in [0.15, 0.2) is 6.20 Å². The maximum absolute atomic E-state index is 5.14. The molecule has 2 aliphatic rings. The van der Waals surface area contributed by atoms with Crippen LogP contribution in [0.25, 0.3) is 0 Å². The third kappa shape index (κ3) is 0.562. The Labute approximate surface area is 70.2 Å². The van der Waals surface area contributed by atoms with Gasteiger partial charge in [-0.2, -0.15) is 0 Å². The molecule has 3 rings (SSSR count). The van der Waals surface area contributed by atoms with Crippen molar-refractivity contribution >= 4 is 12.2 Å². The first kappa shape index (κ1) is 6.00. The highest BCUT2D eigenvalue weighted by Crippen LogP contribution is 2.64. The number of hydrogen-bond acceptors (Lipinski definition) is 1. The molecule has 1 aromatic rings. The lowest BCUT2D eigenvalue weighted by Gasteiger charge is -2.02. The minimum atomic E-state index is 0.567. The average Bonchev–Trinajstić information content (AvgIpc) is 2.33. The largest absolute Gasteiger partial charge is 0.337 e. The van der Waals surface area contributed by atoms with Crippen LogP contribution < -0.4 is 0 Å². The Hall–Kier alpha value is -0.570. The lowest BCUT2D eigenvalue weighted by atomic mass is 10.1. The second-order valence-electron chi connectivity index (χ2n) is 4.02. The van der Waals surface area contributed by atoms with E-state index in [1.54, 1.807) is 0 Å². The van der Waals surface area contributed by atoms with Gasteiger partial charge in [-0.05, 0) is 24.1 Å². The molecule has 2 nitrogen and oxygen atoms in total. The Bertz CT molecular complexity index is 376. The number of aromatic amines is 1. The molecule has 0 unspecified atom stereocenters. The third-order valence-corrected chi connectivity index (χ3v) is 3.47. The molecular formula is C8H10N2S. The number of fused-ring (bicyclic) bond motifs is 3. The summed E-state index contributed by atoms with van der Waals surface area (Å²) in [5, 5.41) is 0. The number of rotatable bonds is 0. The van der Waals surface area contributed by atoms with Gasteiger partial charge in [-0.15, -0.1) is 0 Å². The van der Waals surface area contributed by atoms with Crippen molar-refractivity contribution in [1.82, 2.24) is 9.55 Å². The van der Waals surface area contributed by atoms with Crippen LogP contribution in [0.2, 0.25) is 0 Å². The highest BCUT2D eigenvalue weighted by atomic mass is 32.1. The molecule has 1 aromatic heterocycles. The van der Waals surface area contributed by atoms with Gasteiger partial charge in [0.15, 0.2) is 4.77 Å². The molecule has 0 radical (unpaired) electrons. The summed E-state index contributed by atoms with van der Waals surface area (Å²) in [6.45, 7) is 3.48. The zero-order valence-corrected chi connectivity index (χ0v) is 7.24. The molecule has 11 heavy (non-hydrogen) atoms. The van der Waals surface area contributed by atoms with Gasteiger partial charge in [0.1, 0.15) is 0 Å². The van der Waals surface area contributed by atoms with Crippen molar-refractivity contribution in [3.05, 3.63) is 16.7 Å². The van der Waals surface area contributed by atoms with E-state index in [1.165, 1.54) is 12.1 Å². The van der Waals surface area contributed by atoms with Crippen LogP contribution in [0.4, 0.5) is 0 Å². The second kappa shape index (κ2) is 1.46. The first-order valence-electron chi connectivity index (χ1n) is 3.99. The van der Waals surface area contributed by atoms with E-state index >= 15 is 0 Å². The molecule has 2 atom stereocenters. The number of imidazole rings is 1. The molecule has 0 spiro atoms. The van der Waals surface area contributed by atoms with Crippen LogP contribution in [0.5, 0.6) is 0 Å². The summed E-state index contributed by atoms with van der Waals surface area (Å²) in [6.07, 6.45) is 3.44. The molecule has 0 bridgehead atoms. The van der Waals surface area contributed by atoms with Crippen LogP contribution in [-0.4, -0.2) is 9.55 Å². The van der Waals surface area contributed by atoms with Crippen LogP contribution >= 0.6 is 12.2 Å². The van der Waals surface area contributed by atoms with E-state index in [0.29, 0.717) is 5.41 Å². The van der Waals surface area contributed by atoms with Gasteiger partial charge in [-0.3, -0.25) is 0 Å². The van der Waals surface area contributed by atoms with Crippen LogP contribution in [-0.2, 0) is 6.54 Å². The molecular weight excluding hydrogens is 156 g/mol. The van der Waals surface area contributed by atoms with Gasteiger partial charge in [0, 0.05) is 24.4 Å². The zero-order chi connectivity index (χ0) is 7.64. The van der Waals surface area contributed by atoms with E-state index in [9.17, 15) is 0 Å². The Morgan fingerprint density at radius 3 is 3.36 bits per heavy atom. The lowest BCUT2D eigenvalue weighted by Crippen LogP contribution is -2.02. The summed E-state index contributed by atoms with van der Waals surface area (Å²) in [5.74, 6) is 0.801. The Morgan fingerprint density at radius 1 is 1.82 bits per heavy atom. The van der Waals surface area contributed by atoms with E-state index in [0.717, 1.165) is 17.2 Å². The first-order chi connectivity index (χ1) is 5.21. The van der Waals surface area contributed by atoms with Gasteiger partial charge in [-0.1, -0.05) is 6.92 Å². The van der Waals surface area contributed by atoms with Crippen molar-refractivity contribution in [3.63, 3.8) is 0 Å². The maximum Gasteiger partial charge on any atom is 0.177 e. The summed E-state index contributed by atoms with van der Waals surface area (Å²) in [6, 6.07) is 0.